The van der Waals surface area contributed by atoms with E-state index in [4.69, 9.17) is 4.74 Å². The van der Waals surface area contributed by atoms with E-state index < -0.39 is 0 Å². The maximum absolute atomic E-state index is 6.04. The van der Waals surface area contributed by atoms with E-state index >= 15 is 0 Å². The van der Waals surface area contributed by atoms with Crippen LogP contribution in [0.15, 0.2) is 48.5 Å². The standard InChI is InChI=1S/C19H23NO/c1-15-6-10-17(11-7-15)20(19-5-3-4-14-21-19)18-12-8-16(2)9-13-18/h6-13,19H,3-5,14H2,1-2H3. The molecule has 0 aliphatic carbocycles. The van der Waals surface area contributed by atoms with Crippen molar-refractivity contribution < 1.29 is 4.74 Å². The summed E-state index contributed by atoms with van der Waals surface area (Å²) in [7, 11) is 0. The molecule has 0 spiro atoms. The van der Waals surface area contributed by atoms with Gasteiger partial charge >= 0.3 is 0 Å². The smallest absolute Gasteiger partial charge is 0.134 e. The quantitative estimate of drug-likeness (QED) is 0.787. The number of hydrogen-bond donors (Lipinski definition) is 0. The van der Waals surface area contributed by atoms with Gasteiger partial charge in [0.05, 0.1) is 0 Å². The van der Waals surface area contributed by atoms with Crippen LogP contribution in [0.4, 0.5) is 11.4 Å². The van der Waals surface area contributed by atoms with Crippen molar-refractivity contribution in [3.63, 3.8) is 0 Å². The predicted octanol–water partition coefficient (Wildman–Crippen LogP) is 4.97. The van der Waals surface area contributed by atoms with Gasteiger partial charge in [-0.15, -0.1) is 0 Å². The molecule has 0 N–H and O–H groups in total. The van der Waals surface area contributed by atoms with Crippen LogP contribution in [0, 0.1) is 13.8 Å². The zero-order valence-electron chi connectivity index (χ0n) is 12.9. The summed E-state index contributed by atoms with van der Waals surface area (Å²) in [6.45, 7) is 5.10. The van der Waals surface area contributed by atoms with E-state index in [1.165, 1.54) is 35.3 Å². The molecule has 21 heavy (non-hydrogen) atoms. The lowest BCUT2D eigenvalue weighted by Gasteiger charge is -2.36. The molecule has 2 nitrogen and oxygen atoms in total. The van der Waals surface area contributed by atoms with Gasteiger partial charge in [0.25, 0.3) is 0 Å². The van der Waals surface area contributed by atoms with E-state index in [2.05, 4.69) is 67.3 Å². The van der Waals surface area contributed by atoms with Crippen LogP contribution >= 0.6 is 0 Å². The van der Waals surface area contributed by atoms with Crippen LogP contribution in [0.3, 0.4) is 0 Å². The Morgan fingerprint density at radius 2 is 1.33 bits per heavy atom. The average Bonchev–Trinajstić information content (AvgIpc) is 2.52. The summed E-state index contributed by atoms with van der Waals surface area (Å²) >= 11 is 0. The Morgan fingerprint density at radius 3 is 1.76 bits per heavy atom. The van der Waals surface area contributed by atoms with Crippen LogP contribution in [0.5, 0.6) is 0 Å². The molecule has 2 aromatic carbocycles. The summed E-state index contributed by atoms with van der Waals surface area (Å²) in [5.74, 6) is 0. The van der Waals surface area contributed by atoms with Crippen LogP contribution in [0.25, 0.3) is 0 Å². The lowest BCUT2D eigenvalue weighted by Crippen LogP contribution is -2.36. The molecule has 1 unspecified atom stereocenters. The molecule has 0 bridgehead atoms. The molecule has 0 aromatic heterocycles. The van der Waals surface area contributed by atoms with Crippen molar-refractivity contribution in [2.45, 2.75) is 39.3 Å². The predicted molar refractivity (Wildman–Crippen MR) is 88.1 cm³/mol. The molecule has 1 aliphatic rings. The summed E-state index contributed by atoms with van der Waals surface area (Å²) < 4.78 is 6.04. The van der Waals surface area contributed by atoms with Crippen LogP contribution in [0.1, 0.15) is 30.4 Å². The molecule has 0 saturated carbocycles. The molecule has 1 saturated heterocycles. The number of ether oxygens (including phenoxy) is 1. The third kappa shape index (κ3) is 3.27. The van der Waals surface area contributed by atoms with Gasteiger partial charge in [0.15, 0.2) is 0 Å². The zero-order valence-corrected chi connectivity index (χ0v) is 12.9. The van der Waals surface area contributed by atoms with Crippen molar-refractivity contribution in [3.8, 4) is 0 Å². The number of rotatable bonds is 3. The van der Waals surface area contributed by atoms with Gasteiger partial charge in [-0.1, -0.05) is 35.4 Å². The number of nitrogens with zero attached hydrogens (tertiary/aromatic N) is 1. The fourth-order valence-corrected chi connectivity index (χ4v) is 2.82. The Kier molecular flexibility index (Phi) is 4.26. The fraction of sp³-hybridized carbons (Fsp3) is 0.368. The lowest BCUT2D eigenvalue weighted by atomic mass is 10.1. The molecule has 1 atom stereocenters. The van der Waals surface area contributed by atoms with Crippen molar-refractivity contribution in [1.29, 1.82) is 0 Å². The van der Waals surface area contributed by atoms with Gasteiger partial charge in [-0.05, 0) is 57.4 Å². The summed E-state index contributed by atoms with van der Waals surface area (Å²) in [5, 5.41) is 0. The van der Waals surface area contributed by atoms with Crippen LogP contribution in [0.2, 0.25) is 0 Å². The number of anilines is 2. The number of hydrogen-bond acceptors (Lipinski definition) is 2. The largest absolute Gasteiger partial charge is 0.358 e. The highest BCUT2D eigenvalue weighted by molar-refractivity contribution is 5.64. The van der Waals surface area contributed by atoms with E-state index in [9.17, 15) is 0 Å². The first-order chi connectivity index (χ1) is 10.2. The van der Waals surface area contributed by atoms with Gasteiger partial charge < -0.3 is 9.64 Å². The highest BCUT2D eigenvalue weighted by Crippen LogP contribution is 2.32. The molecule has 2 aromatic rings. The topological polar surface area (TPSA) is 12.5 Å². The normalized spacial score (nSPS) is 18.5. The Bertz CT molecular complexity index is 522. The van der Waals surface area contributed by atoms with E-state index in [1.54, 1.807) is 0 Å². The van der Waals surface area contributed by atoms with Crippen LogP contribution in [-0.4, -0.2) is 12.8 Å². The number of benzene rings is 2. The third-order valence-electron chi connectivity index (χ3n) is 4.07. The van der Waals surface area contributed by atoms with E-state index in [1.807, 2.05) is 0 Å². The molecule has 1 aliphatic heterocycles. The van der Waals surface area contributed by atoms with E-state index in [0.29, 0.717) is 0 Å². The summed E-state index contributed by atoms with van der Waals surface area (Å²) in [6, 6.07) is 17.4. The maximum atomic E-state index is 6.04. The van der Waals surface area contributed by atoms with Crippen molar-refractivity contribution >= 4 is 11.4 Å². The maximum Gasteiger partial charge on any atom is 0.134 e. The van der Waals surface area contributed by atoms with Crippen molar-refractivity contribution in [1.82, 2.24) is 0 Å². The van der Waals surface area contributed by atoms with Gasteiger partial charge in [-0.25, -0.2) is 0 Å². The zero-order chi connectivity index (χ0) is 14.7. The number of aryl methyl sites for hydroxylation is 2. The third-order valence-corrected chi connectivity index (χ3v) is 4.07. The minimum absolute atomic E-state index is 0.143. The Labute approximate surface area is 127 Å². The Hall–Kier alpha value is -1.80. The first-order valence-electron chi connectivity index (χ1n) is 7.78. The molecule has 0 amide bonds. The van der Waals surface area contributed by atoms with Gasteiger partial charge in [0, 0.05) is 18.0 Å². The van der Waals surface area contributed by atoms with Gasteiger partial charge in [0.2, 0.25) is 0 Å². The minimum Gasteiger partial charge on any atom is -0.358 e. The summed E-state index contributed by atoms with van der Waals surface area (Å²) in [4.78, 5) is 2.33. The van der Waals surface area contributed by atoms with Gasteiger partial charge in [0.1, 0.15) is 6.23 Å². The second-order valence-corrected chi connectivity index (χ2v) is 5.86. The van der Waals surface area contributed by atoms with E-state index in [0.717, 1.165) is 13.0 Å². The van der Waals surface area contributed by atoms with Crippen LogP contribution < -0.4 is 4.90 Å². The van der Waals surface area contributed by atoms with Crippen LogP contribution in [-0.2, 0) is 4.74 Å². The molecule has 1 heterocycles. The minimum atomic E-state index is 0.143. The highest BCUT2D eigenvalue weighted by Gasteiger charge is 2.23. The van der Waals surface area contributed by atoms with Gasteiger partial charge in [-0.2, -0.15) is 0 Å². The molecule has 1 fully saturated rings. The second-order valence-electron chi connectivity index (χ2n) is 5.86. The lowest BCUT2D eigenvalue weighted by molar-refractivity contribution is 0.0208. The molecular weight excluding hydrogens is 258 g/mol. The van der Waals surface area contributed by atoms with Crippen molar-refractivity contribution in [2.24, 2.45) is 0 Å². The molecule has 2 heteroatoms. The fourth-order valence-electron chi connectivity index (χ4n) is 2.82. The monoisotopic (exact) mass is 281 g/mol. The molecule has 3 rings (SSSR count). The van der Waals surface area contributed by atoms with E-state index in [-0.39, 0.29) is 6.23 Å². The summed E-state index contributed by atoms with van der Waals surface area (Å²) in [6.07, 6.45) is 3.64. The summed E-state index contributed by atoms with van der Waals surface area (Å²) in [5.41, 5.74) is 4.98. The first-order valence-corrected chi connectivity index (χ1v) is 7.78. The highest BCUT2D eigenvalue weighted by atomic mass is 16.5. The van der Waals surface area contributed by atoms with Crippen molar-refractivity contribution in [2.75, 3.05) is 11.5 Å². The van der Waals surface area contributed by atoms with Crippen molar-refractivity contribution in [3.05, 3.63) is 59.7 Å². The molecule has 0 radical (unpaired) electrons. The molecular formula is C19H23NO. The Balaban J connectivity index is 1.97. The first kappa shape index (κ1) is 14.2. The second kappa shape index (κ2) is 6.31. The molecule has 110 valence electrons. The average molecular weight is 281 g/mol. The van der Waals surface area contributed by atoms with Gasteiger partial charge in [-0.3, -0.25) is 0 Å². The Morgan fingerprint density at radius 1 is 0.810 bits per heavy atom. The SMILES string of the molecule is Cc1ccc(N(c2ccc(C)cc2)C2CCCCO2)cc1.